The van der Waals surface area contributed by atoms with E-state index in [0.717, 1.165) is 38.6 Å². The van der Waals surface area contributed by atoms with Gasteiger partial charge in [-0.1, -0.05) is 6.42 Å². The van der Waals surface area contributed by atoms with Crippen molar-refractivity contribution in [1.82, 2.24) is 9.97 Å². The molecule has 1 saturated carbocycles. The first kappa shape index (κ1) is 15.7. The zero-order chi connectivity index (χ0) is 16.0. The summed E-state index contributed by atoms with van der Waals surface area (Å²) in [4.78, 5) is 10.6. The largest absolute Gasteiger partial charge is 0.392 e. The van der Waals surface area contributed by atoms with Gasteiger partial charge in [0.1, 0.15) is 10.7 Å². The molecule has 0 amide bonds. The van der Waals surface area contributed by atoms with E-state index in [-0.39, 0.29) is 16.4 Å². The lowest BCUT2D eigenvalue weighted by Gasteiger charge is -2.43. The summed E-state index contributed by atoms with van der Waals surface area (Å²) in [6, 6.07) is 0. The van der Waals surface area contributed by atoms with Gasteiger partial charge in [0.2, 0.25) is 0 Å². The molecule has 0 aromatic carbocycles. The first-order chi connectivity index (χ1) is 10.3. The molecular weight excluding hydrogens is 302 g/mol. The van der Waals surface area contributed by atoms with Gasteiger partial charge in [0.15, 0.2) is 15.7 Å². The van der Waals surface area contributed by atoms with Crippen molar-refractivity contribution < 1.29 is 13.5 Å². The van der Waals surface area contributed by atoms with Gasteiger partial charge in [0, 0.05) is 24.8 Å². The summed E-state index contributed by atoms with van der Waals surface area (Å²) in [5.41, 5.74) is -0.105. The van der Waals surface area contributed by atoms with Crippen LogP contribution in [0.25, 0.3) is 0 Å². The Hall–Kier alpha value is -1.21. The van der Waals surface area contributed by atoms with Crippen LogP contribution in [0.1, 0.15) is 37.9 Å². The highest BCUT2D eigenvalue weighted by molar-refractivity contribution is 7.90. The number of piperidine rings is 1. The molecular formula is C15H23N3O3S. The summed E-state index contributed by atoms with van der Waals surface area (Å²) in [5.74, 6) is 1.06. The molecule has 1 saturated heterocycles. The van der Waals surface area contributed by atoms with Crippen LogP contribution in [0.5, 0.6) is 0 Å². The third-order valence-electron chi connectivity index (χ3n) is 5.02. The van der Waals surface area contributed by atoms with Crippen LogP contribution in [0.2, 0.25) is 0 Å². The van der Waals surface area contributed by atoms with Crippen LogP contribution in [0.3, 0.4) is 0 Å². The van der Waals surface area contributed by atoms with Crippen LogP contribution in [-0.4, -0.2) is 48.9 Å². The third kappa shape index (κ3) is 2.72. The number of aliphatic hydroxyl groups is 1. The molecule has 2 fully saturated rings. The van der Waals surface area contributed by atoms with Gasteiger partial charge in [-0.2, -0.15) is 0 Å². The lowest BCUT2D eigenvalue weighted by atomic mass is 9.77. The SMILES string of the molecule is Cc1ncc(S(C)(=O)=O)c(N2CCC[C@@]3(CCC[C@H]3O)C2)n1. The molecule has 22 heavy (non-hydrogen) atoms. The van der Waals surface area contributed by atoms with E-state index in [9.17, 15) is 13.5 Å². The van der Waals surface area contributed by atoms with Gasteiger partial charge in [0.25, 0.3) is 0 Å². The molecule has 1 aliphatic carbocycles. The first-order valence-corrected chi connectivity index (χ1v) is 9.68. The van der Waals surface area contributed by atoms with Crippen molar-refractivity contribution in [3.63, 3.8) is 0 Å². The van der Waals surface area contributed by atoms with Crippen molar-refractivity contribution in [2.75, 3.05) is 24.2 Å². The minimum absolute atomic E-state index is 0.105. The summed E-state index contributed by atoms with van der Waals surface area (Å²) < 4.78 is 24.1. The van der Waals surface area contributed by atoms with Crippen LogP contribution in [0.15, 0.2) is 11.1 Å². The standard InChI is InChI=1S/C15H23N3O3S/c1-11-16-9-12(22(2,20)21)14(17-11)18-8-4-7-15(10-18)6-3-5-13(15)19/h9,13,19H,3-8,10H2,1-2H3/t13-,15+/m1/s1. The van der Waals surface area contributed by atoms with Crippen LogP contribution >= 0.6 is 0 Å². The number of aliphatic hydroxyl groups excluding tert-OH is 1. The molecule has 2 aliphatic rings. The Morgan fingerprint density at radius 1 is 1.36 bits per heavy atom. The summed E-state index contributed by atoms with van der Waals surface area (Å²) >= 11 is 0. The normalized spacial score (nSPS) is 29.2. The first-order valence-electron chi connectivity index (χ1n) is 7.79. The van der Waals surface area contributed by atoms with Gasteiger partial charge in [0.05, 0.1) is 12.3 Å². The van der Waals surface area contributed by atoms with E-state index in [2.05, 4.69) is 9.97 Å². The molecule has 6 nitrogen and oxygen atoms in total. The molecule has 0 bridgehead atoms. The Morgan fingerprint density at radius 3 is 2.73 bits per heavy atom. The Bertz CT molecular complexity index is 677. The highest BCUT2D eigenvalue weighted by Crippen LogP contribution is 2.46. The molecule has 1 aromatic rings. The van der Waals surface area contributed by atoms with Crippen molar-refractivity contribution in [2.45, 2.75) is 50.0 Å². The quantitative estimate of drug-likeness (QED) is 0.883. The van der Waals surface area contributed by atoms with Gasteiger partial charge >= 0.3 is 0 Å². The van der Waals surface area contributed by atoms with Crippen LogP contribution in [-0.2, 0) is 9.84 Å². The number of hydrogen-bond acceptors (Lipinski definition) is 6. The minimum atomic E-state index is -3.38. The number of rotatable bonds is 2. The highest BCUT2D eigenvalue weighted by Gasteiger charge is 2.45. The Labute approximate surface area is 131 Å². The molecule has 0 unspecified atom stereocenters. The lowest BCUT2D eigenvalue weighted by Crippen LogP contribution is -2.48. The Kier molecular flexibility index (Phi) is 3.89. The van der Waals surface area contributed by atoms with E-state index >= 15 is 0 Å². The Morgan fingerprint density at radius 2 is 2.09 bits per heavy atom. The smallest absolute Gasteiger partial charge is 0.180 e. The number of nitrogens with zero attached hydrogens (tertiary/aromatic N) is 3. The van der Waals surface area contributed by atoms with Gasteiger partial charge in [-0.05, 0) is 32.6 Å². The average molecular weight is 325 g/mol. The monoisotopic (exact) mass is 325 g/mol. The number of hydrogen-bond donors (Lipinski definition) is 1. The van der Waals surface area contributed by atoms with Gasteiger partial charge in [-0.15, -0.1) is 0 Å². The van der Waals surface area contributed by atoms with E-state index in [1.807, 2.05) is 4.90 Å². The summed E-state index contributed by atoms with van der Waals surface area (Å²) in [6.45, 7) is 3.21. The van der Waals surface area contributed by atoms with Crippen molar-refractivity contribution in [1.29, 1.82) is 0 Å². The van der Waals surface area contributed by atoms with E-state index in [0.29, 0.717) is 18.2 Å². The molecule has 2 heterocycles. The lowest BCUT2D eigenvalue weighted by molar-refractivity contribution is 0.0406. The molecule has 122 valence electrons. The molecule has 2 atom stereocenters. The predicted octanol–water partition coefficient (Wildman–Crippen LogP) is 1.32. The molecule has 7 heteroatoms. The molecule has 0 radical (unpaired) electrons. The summed E-state index contributed by atoms with van der Waals surface area (Å²) in [6.07, 6.45) is 7.13. The average Bonchev–Trinajstić information content (AvgIpc) is 2.78. The molecule has 1 spiro atoms. The fourth-order valence-electron chi connectivity index (χ4n) is 3.87. The number of sulfone groups is 1. The van der Waals surface area contributed by atoms with Gasteiger partial charge in [-0.3, -0.25) is 0 Å². The van der Waals surface area contributed by atoms with Gasteiger partial charge in [-0.25, -0.2) is 18.4 Å². The zero-order valence-corrected chi connectivity index (χ0v) is 13.9. The summed E-state index contributed by atoms with van der Waals surface area (Å²) in [5, 5.41) is 10.4. The molecule has 3 rings (SSSR count). The minimum Gasteiger partial charge on any atom is -0.392 e. The topological polar surface area (TPSA) is 83.4 Å². The third-order valence-corrected chi connectivity index (χ3v) is 6.11. The second-order valence-corrected chi connectivity index (χ2v) is 8.66. The Balaban J connectivity index is 1.99. The molecule has 1 aromatic heterocycles. The number of aryl methyl sites for hydroxylation is 1. The fourth-order valence-corrected chi connectivity index (χ4v) is 4.62. The van der Waals surface area contributed by atoms with Crippen molar-refractivity contribution in [3.8, 4) is 0 Å². The van der Waals surface area contributed by atoms with E-state index < -0.39 is 9.84 Å². The predicted molar refractivity (Wildman–Crippen MR) is 83.6 cm³/mol. The van der Waals surface area contributed by atoms with E-state index in [1.165, 1.54) is 12.5 Å². The second kappa shape index (κ2) is 5.45. The molecule has 1 aliphatic heterocycles. The van der Waals surface area contributed by atoms with Crippen molar-refractivity contribution in [3.05, 3.63) is 12.0 Å². The van der Waals surface area contributed by atoms with Gasteiger partial charge < -0.3 is 10.0 Å². The summed E-state index contributed by atoms with van der Waals surface area (Å²) in [7, 11) is -3.38. The van der Waals surface area contributed by atoms with E-state index in [4.69, 9.17) is 0 Å². The molecule has 1 N–H and O–H groups in total. The van der Waals surface area contributed by atoms with Crippen LogP contribution in [0.4, 0.5) is 5.82 Å². The fraction of sp³-hybridized carbons (Fsp3) is 0.733. The second-order valence-electron chi connectivity index (χ2n) is 6.67. The van der Waals surface area contributed by atoms with Crippen molar-refractivity contribution in [2.24, 2.45) is 5.41 Å². The van der Waals surface area contributed by atoms with Crippen LogP contribution in [0, 0.1) is 12.3 Å². The maximum absolute atomic E-state index is 12.0. The maximum atomic E-state index is 12.0. The maximum Gasteiger partial charge on any atom is 0.180 e. The van der Waals surface area contributed by atoms with E-state index in [1.54, 1.807) is 6.92 Å². The van der Waals surface area contributed by atoms with Crippen LogP contribution < -0.4 is 4.90 Å². The number of anilines is 1. The zero-order valence-electron chi connectivity index (χ0n) is 13.1. The van der Waals surface area contributed by atoms with Crippen molar-refractivity contribution >= 4 is 15.7 Å². The number of aromatic nitrogens is 2. The highest BCUT2D eigenvalue weighted by atomic mass is 32.2.